The molecule has 5 nitrogen and oxygen atoms in total. The third-order valence-electron chi connectivity index (χ3n) is 6.76. The summed E-state index contributed by atoms with van der Waals surface area (Å²) in [7, 11) is 2.15. The predicted octanol–water partition coefficient (Wildman–Crippen LogP) is 5.83. The summed E-state index contributed by atoms with van der Waals surface area (Å²) in [6.45, 7) is 6.63. The van der Waals surface area contributed by atoms with Crippen molar-refractivity contribution in [2.75, 3.05) is 49.6 Å². The van der Waals surface area contributed by atoms with Gasteiger partial charge >= 0.3 is 0 Å². The number of piperazine rings is 1. The molecule has 5 rings (SSSR count). The molecule has 3 aromatic rings. The Hall–Kier alpha value is -2.42. The van der Waals surface area contributed by atoms with E-state index in [4.69, 9.17) is 16.6 Å². The normalized spacial score (nSPS) is 17.4. The van der Waals surface area contributed by atoms with E-state index in [1.165, 1.54) is 5.69 Å². The highest BCUT2D eigenvalue weighted by atomic mass is 35.5. The number of likely N-dealkylation sites (N-methyl/N-ethyl adjacent to an activating group) is 1. The summed E-state index contributed by atoms with van der Waals surface area (Å²) in [5, 5.41) is 0.591. The molecule has 1 fully saturated rings. The smallest absolute Gasteiger partial charge is 0.152 e. The first-order chi connectivity index (χ1) is 16.9. The Bertz CT molecular complexity index is 1220. The number of aromatic nitrogens is 2. The van der Waals surface area contributed by atoms with Crippen molar-refractivity contribution in [2.24, 2.45) is 0 Å². The van der Waals surface area contributed by atoms with E-state index in [-0.39, 0.29) is 10.6 Å². The summed E-state index contributed by atoms with van der Waals surface area (Å²) in [4.78, 5) is 17.4. The average Bonchev–Trinajstić information content (AvgIpc) is 2.86. The molecule has 0 N–H and O–H groups in total. The van der Waals surface area contributed by atoms with Gasteiger partial charge in [-0.3, -0.25) is 4.98 Å². The van der Waals surface area contributed by atoms with Crippen molar-refractivity contribution in [2.45, 2.75) is 35.7 Å². The molecule has 0 spiro atoms. The molecule has 2 aliphatic rings. The van der Waals surface area contributed by atoms with Crippen LogP contribution in [0.25, 0.3) is 0 Å². The molecule has 2 aliphatic heterocycles. The van der Waals surface area contributed by atoms with Gasteiger partial charge in [0.25, 0.3) is 0 Å². The molecule has 0 aliphatic carbocycles. The summed E-state index contributed by atoms with van der Waals surface area (Å²) >= 11 is 7.74. The molecule has 1 saturated heterocycles. The quantitative estimate of drug-likeness (QED) is 0.398. The Kier molecular flexibility index (Phi) is 7.14. The van der Waals surface area contributed by atoms with Gasteiger partial charge in [0.1, 0.15) is 16.7 Å². The minimum Gasteiger partial charge on any atom is -0.369 e. The maximum absolute atomic E-state index is 14.7. The van der Waals surface area contributed by atoms with E-state index in [0.717, 1.165) is 66.8 Å². The lowest BCUT2D eigenvalue weighted by Crippen LogP contribution is -2.44. The fraction of sp³-hybridized carbons (Fsp3) is 0.385. The van der Waals surface area contributed by atoms with Gasteiger partial charge < -0.3 is 14.7 Å². The Morgan fingerprint density at radius 3 is 2.60 bits per heavy atom. The lowest BCUT2D eigenvalue weighted by Gasteiger charge is -2.35. The van der Waals surface area contributed by atoms with Crippen LogP contribution in [0.3, 0.4) is 0 Å². The zero-order chi connectivity index (χ0) is 24.5. The van der Waals surface area contributed by atoms with Crippen molar-refractivity contribution in [1.82, 2.24) is 14.9 Å². The fourth-order valence-corrected chi connectivity index (χ4v) is 5.87. The number of hydrogen-bond donors (Lipinski definition) is 0. The zero-order valence-electron chi connectivity index (χ0n) is 19.8. The molecule has 0 saturated carbocycles. The van der Waals surface area contributed by atoms with Crippen LogP contribution in [0.2, 0.25) is 5.02 Å². The molecule has 9 heteroatoms. The van der Waals surface area contributed by atoms with Gasteiger partial charge in [0.05, 0.1) is 23.0 Å². The van der Waals surface area contributed by atoms with E-state index in [1.807, 2.05) is 11.8 Å². The molecule has 0 bridgehead atoms. The van der Waals surface area contributed by atoms with Gasteiger partial charge in [-0.05, 0) is 57.1 Å². The molecule has 184 valence electrons. The predicted molar refractivity (Wildman–Crippen MR) is 138 cm³/mol. The van der Waals surface area contributed by atoms with Gasteiger partial charge in [-0.1, -0.05) is 29.4 Å². The molecule has 1 atom stereocenters. The Morgan fingerprint density at radius 2 is 1.80 bits per heavy atom. The van der Waals surface area contributed by atoms with Crippen LogP contribution in [0.15, 0.2) is 52.5 Å². The topological polar surface area (TPSA) is 35.5 Å². The highest BCUT2D eigenvalue weighted by molar-refractivity contribution is 7.99. The molecule has 0 radical (unpaired) electrons. The summed E-state index contributed by atoms with van der Waals surface area (Å²) in [6, 6.07) is 10.2. The highest BCUT2D eigenvalue weighted by Gasteiger charge is 2.29. The first-order valence-corrected chi connectivity index (χ1v) is 13.1. The van der Waals surface area contributed by atoms with Crippen molar-refractivity contribution in [3.8, 4) is 0 Å². The second-order valence-electron chi connectivity index (χ2n) is 9.10. The van der Waals surface area contributed by atoms with Gasteiger partial charge in [0.2, 0.25) is 0 Å². The average molecular weight is 516 g/mol. The Morgan fingerprint density at radius 1 is 1.03 bits per heavy atom. The lowest BCUT2D eigenvalue weighted by atomic mass is 10.0. The molecular weight excluding hydrogens is 488 g/mol. The van der Waals surface area contributed by atoms with Crippen LogP contribution < -0.4 is 9.80 Å². The van der Waals surface area contributed by atoms with E-state index in [1.54, 1.807) is 18.0 Å². The number of aryl methyl sites for hydroxylation is 1. The van der Waals surface area contributed by atoms with Gasteiger partial charge in [-0.25, -0.2) is 13.8 Å². The second kappa shape index (κ2) is 10.3. The standard InChI is InChI=1S/C26H28ClF2N5S/c1-17(24-20(28)8-9-21(29)25(24)27)34-10-4-7-22-26(34)31-23(16-30-22)35-19-6-3-5-18(15-19)33-13-11-32(2)12-14-33/h3,5-6,8-9,15-17H,4,7,10-14H2,1-2H3. The lowest BCUT2D eigenvalue weighted by molar-refractivity contribution is 0.313. The summed E-state index contributed by atoms with van der Waals surface area (Å²) < 4.78 is 28.8. The van der Waals surface area contributed by atoms with Crippen molar-refractivity contribution in [3.63, 3.8) is 0 Å². The van der Waals surface area contributed by atoms with Gasteiger partial charge in [0.15, 0.2) is 5.82 Å². The van der Waals surface area contributed by atoms with Gasteiger partial charge in [-0.15, -0.1) is 0 Å². The molecule has 1 unspecified atom stereocenters. The number of fused-ring (bicyclic) bond motifs is 1. The number of halogens is 3. The van der Waals surface area contributed by atoms with E-state index in [2.05, 4.69) is 46.1 Å². The van der Waals surface area contributed by atoms with Crippen molar-refractivity contribution < 1.29 is 8.78 Å². The summed E-state index contributed by atoms with van der Waals surface area (Å²) in [5.41, 5.74) is 2.23. The van der Waals surface area contributed by atoms with E-state index >= 15 is 0 Å². The third kappa shape index (κ3) is 5.10. The SMILES string of the molecule is CC(c1c(F)ccc(F)c1Cl)N1CCCc2ncc(Sc3cccc(N4CCN(C)CC4)c3)nc21. The number of rotatable bonds is 5. The number of anilines is 2. The van der Waals surface area contributed by atoms with Crippen LogP contribution >= 0.6 is 23.4 Å². The van der Waals surface area contributed by atoms with Crippen LogP contribution in [0.4, 0.5) is 20.3 Å². The Labute approximate surface area is 214 Å². The minimum absolute atomic E-state index is 0.152. The zero-order valence-corrected chi connectivity index (χ0v) is 21.4. The number of hydrogen-bond acceptors (Lipinski definition) is 6. The number of nitrogens with zero attached hydrogens (tertiary/aromatic N) is 5. The van der Waals surface area contributed by atoms with Crippen LogP contribution in [-0.2, 0) is 6.42 Å². The summed E-state index contributed by atoms with van der Waals surface area (Å²) in [5.74, 6) is -0.429. The van der Waals surface area contributed by atoms with Crippen LogP contribution in [0.1, 0.15) is 30.6 Å². The third-order valence-corrected chi connectivity index (χ3v) is 8.04. The first kappa shape index (κ1) is 24.3. The monoisotopic (exact) mass is 515 g/mol. The van der Waals surface area contributed by atoms with E-state index in [0.29, 0.717) is 12.4 Å². The molecular formula is C26H28ClF2N5S. The van der Waals surface area contributed by atoms with Crippen LogP contribution in [-0.4, -0.2) is 54.6 Å². The van der Waals surface area contributed by atoms with E-state index < -0.39 is 17.7 Å². The molecule has 0 amide bonds. The number of benzene rings is 2. The van der Waals surface area contributed by atoms with Crippen molar-refractivity contribution in [3.05, 3.63) is 70.5 Å². The van der Waals surface area contributed by atoms with Crippen molar-refractivity contribution in [1.29, 1.82) is 0 Å². The van der Waals surface area contributed by atoms with E-state index in [9.17, 15) is 8.78 Å². The molecule has 1 aromatic heterocycles. The second-order valence-corrected chi connectivity index (χ2v) is 10.6. The molecule has 3 heterocycles. The molecule has 35 heavy (non-hydrogen) atoms. The van der Waals surface area contributed by atoms with Crippen LogP contribution in [0.5, 0.6) is 0 Å². The van der Waals surface area contributed by atoms with Crippen molar-refractivity contribution >= 4 is 34.9 Å². The highest BCUT2D eigenvalue weighted by Crippen LogP contribution is 2.38. The summed E-state index contributed by atoms with van der Waals surface area (Å²) in [6.07, 6.45) is 3.46. The maximum Gasteiger partial charge on any atom is 0.152 e. The minimum atomic E-state index is -0.622. The van der Waals surface area contributed by atoms with Gasteiger partial charge in [-0.2, -0.15) is 0 Å². The fourth-order valence-electron chi connectivity index (χ4n) is 4.75. The maximum atomic E-state index is 14.7. The van der Waals surface area contributed by atoms with Gasteiger partial charge in [0, 0.05) is 48.9 Å². The first-order valence-electron chi connectivity index (χ1n) is 11.9. The molecule has 2 aromatic carbocycles. The Balaban J connectivity index is 1.40. The van der Waals surface area contributed by atoms with Crippen LogP contribution in [0, 0.1) is 11.6 Å². The largest absolute Gasteiger partial charge is 0.369 e.